The van der Waals surface area contributed by atoms with Gasteiger partial charge in [0.25, 0.3) is 0 Å². The van der Waals surface area contributed by atoms with Crippen LogP contribution >= 0.6 is 39.5 Å². The topological polar surface area (TPSA) is 0 Å². The van der Waals surface area contributed by atoms with Gasteiger partial charge in [-0.25, -0.2) is 0 Å². The van der Waals surface area contributed by atoms with Gasteiger partial charge in [0.15, 0.2) is 0 Å². The molecular formula is C52H56F6P5Rh+3. The van der Waals surface area contributed by atoms with Crippen molar-refractivity contribution in [2.24, 2.45) is 0 Å². The zero-order valence-electron chi connectivity index (χ0n) is 36.1. The second-order valence-corrected chi connectivity index (χ2v) is 25.9. The maximum absolute atomic E-state index is 10.7. The molecule has 8 rings (SSSR count). The summed E-state index contributed by atoms with van der Waals surface area (Å²) in [6.07, 6.45) is 0. The van der Waals surface area contributed by atoms with Crippen molar-refractivity contribution in [3.8, 4) is 0 Å². The Morgan fingerprint density at radius 2 is 0.297 bits per heavy atom. The number of rotatable bonds is 8. The maximum Gasteiger partial charge on any atom is 0 e. The van der Waals surface area contributed by atoms with E-state index in [4.69, 9.17) is 0 Å². The summed E-state index contributed by atoms with van der Waals surface area (Å²) in [6.45, 7) is 9.37. The molecule has 0 spiro atoms. The molecule has 8 aromatic rings. The van der Waals surface area contributed by atoms with Gasteiger partial charge in [-0.15, -0.1) is 0 Å². The van der Waals surface area contributed by atoms with E-state index in [0.717, 1.165) is 0 Å². The monoisotopic (exact) mass is 1050 g/mol. The van der Waals surface area contributed by atoms with Gasteiger partial charge in [0.05, 0.1) is 101 Å². The molecule has 0 aliphatic rings. The number of benzene rings is 8. The molecule has 12 heteroatoms. The Morgan fingerprint density at radius 3 is 0.375 bits per heavy atom. The van der Waals surface area contributed by atoms with E-state index in [1.165, 1.54) is 42.4 Å². The Labute approximate surface area is 393 Å². The van der Waals surface area contributed by atoms with Crippen LogP contribution in [0.15, 0.2) is 243 Å². The van der Waals surface area contributed by atoms with E-state index in [1.54, 1.807) is 0 Å². The first-order chi connectivity index (χ1) is 30.0. The van der Waals surface area contributed by atoms with Crippen molar-refractivity contribution in [3.63, 3.8) is 0 Å². The molecular weight excluding hydrogens is 996 g/mol. The van der Waals surface area contributed by atoms with Crippen molar-refractivity contribution < 1.29 is 44.7 Å². The summed E-state index contributed by atoms with van der Waals surface area (Å²) < 4.78 is 59.2. The average molecular weight is 1050 g/mol. The molecule has 0 bridgehead atoms. The molecule has 337 valence electrons. The van der Waals surface area contributed by atoms with Gasteiger partial charge < -0.3 is 0 Å². The summed E-state index contributed by atoms with van der Waals surface area (Å²) in [5.41, 5.74) is 0. The SMILES string of the molecule is C[PH+](c1ccccc1)c1ccccc1.C[PH+](c1ccccc1)c1ccccc1.C[PH+](c1ccccc1)c1ccccc1.C[PH+](c1ccccc1)c1ccccc1.F[P-](F)(F)(F)(F)F.[Rh]. The normalized spacial score (nSPS) is 11.7. The summed E-state index contributed by atoms with van der Waals surface area (Å²) in [5.74, 6) is 0. The van der Waals surface area contributed by atoms with Crippen LogP contribution < -0.4 is 42.4 Å². The van der Waals surface area contributed by atoms with Crippen LogP contribution in [0, 0.1) is 0 Å². The van der Waals surface area contributed by atoms with Gasteiger partial charge in [0.1, 0.15) is 0 Å². The molecule has 0 fully saturated rings. The van der Waals surface area contributed by atoms with E-state index in [9.17, 15) is 25.2 Å². The summed E-state index contributed by atoms with van der Waals surface area (Å²) in [4.78, 5) is 0. The maximum atomic E-state index is 9.87. The van der Waals surface area contributed by atoms with Crippen molar-refractivity contribution in [1.82, 2.24) is 0 Å². The van der Waals surface area contributed by atoms with Crippen LogP contribution in [0.4, 0.5) is 25.2 Å². The van der Waals surface area contributed by atoms with E-state index in [2.05, 4.69) is 269 Å². The minimum absolute atomic E-state index is 0. The van der Waals surface area contributed by atoms with E-state index >= 15 is 0 Å². The van der Waals surface area contributed by atoms with Crippen LogP contribution in [0.2, 0.25) is 0 Å². The molecule has 0 saturated heterocycles. The fraction of sp³-hybridized carbons (Fsp3) is 0.0769. The van der Waals surface area contributed by atoms with E-state index < -0.39 is 39.5 Å². The molecule has 0 aliphatic carbocycles. The Balaban J connectivity index is 0.000000215. The molecule has 0 aliphatic heterocycles. The van der Waals surface area contributed by atoms with Crippen molar-refractivity contribution in [3.05, 3.63) is 243 Å². The number of halogens is 6. The zero-order valence-corrected chi connectivity index (χ0v) is 42.7. The molecule has 0 heterocycles. The number of hydrogen-bond donors (Lipinski definition) is 0. The van der Waals surface area contributed by atoms with Crippen molar-refractivity contribution in [2.45, 2.75) is 0 Å². The smallest absolute Gasteiger partial charge is 0 e. The first-order valence-corrected chi connectivity index (χ1v) is 30.3. The second-order valence-electron chi connectivity index (χ2n) is 14.4. The largest absolute Gasteiger partial charge is 0 e. The summed E-state index contributed by atoms with van der Waals surface area (Å²) in [6, 6.07) is 86.0. The molecule has 8 aromatic carbocycles. The Morgan fingerprint density at radius 1 is 0.219 bits per heavy atom. The molecule has 0 amide bonds. The molecule has 0 N–H and O–H groups in total. The average Bonchev–Trinajstić information content (AvgIpc) is 3.32. The molecule has 0 aromatic heterocycles. The van der Waals surface area contributed by atoms with E-state index in [0.29, 0.717) is 0 Å². The summed E-state index contributed by atoms with van der Waals surface area (Å²) in [7, 11) is -12.8. The second kappa shape index (κ2) is 26.3. The van der Waals surface area contributed by atoms with Crippen LogP contribution in [0.3, 0.4) is 0 Å². The molecule has 64 heavy (non-hydrogen) atoms. The molecule has 0 saturated carbocycles. The third-order valence-corrected chi connectivity index (χ3v) is 19.2. The van der Waals surface area contributed by atoms with E-state index in [1.807, 2.05) is 0 Å². The fourth-order valence-corrected chi connectivity index (χ4v) is 13.0. The molecule has 0 unspecified atom stereocenters. The van der Waals surface area contributed by atoms with Gasteiger partial charge in [-0.05, 0) is 97.1 Å². The standard InChI is InChI=1S/4C13H13P.F6P.Rh/c4*1-14(12-8-4-2-5-9-12)13-10-6-3-7-11-13;1-7(2,3,4,5)6;/h4*2-11H,1H3;;/q;;;;-1;/p+4. The van der Waals surface area contributed by atoms with Gasteiger partial charge in [-0.1, -0.05) is 146 Å². The van der Waals surface area contributed by atoms with Crippen LogP contribution in [0.25, 0.3) is 0 Å². The number of hydrogen-bond acceptors (Lipinski definition) is 0. The molecule has 1 radical (unpaired) electrons. The minimum atomic E-state index is -10.7. The Bertz CT molecular complexity index is 1930. The van der Waals surface area contributed by atoms with Gasteiger partial charge in [-0.3, -0.25) is 0 Å². The third kappa shape index (κ3) is 22.3. The van der Waals surface area contributed by atoms with Crippen LogP contribution in [-0.4, -0.2) is 26.7 Å². The zero-order chi connectivity index (χ0) is 45.6. The predicted octanol–water partition coefficient (Wildman–Crippen LogP) is 13.3. The third-order valence-electron chi connectivity index (χ3n) is 9.65. The van der Waals surface area contributed by atoms with E-state index in [-0.39, 0.29) is 19.5 Å². The van der Waals surface area contributed by atoms with Crippen molar-refractivity contribution in [1.29, 1.82) is 0 Å². The van der Waals surface area contributed by atoms with Gasteiger partial charge >= 0.3 is 33.0 Å². The first-order valence-electron chi connectivity index (χ1n) is 20.3. The van der Waals surface area contributed by atoms with Crippen molar-refractivity contribution >= 4 is 81.9 Å². The Hall–Kier alpha value is -3.89. The van der Waals surface area contributed by atoms with Crippen LogP contribution in [0.5, 0.6) is 0 Å². The van der Waals surface area contributed by atoms with Crippen molar-refractivity contribution in [2.75, 3.05) is 26.7 Å². The van der Waals surface area contributed by atoms with Gasteiger partial charge in [0, 0.05) is 19.5 Å². The molecule has 0 atom stereocenters. The van der Waals surface area contributed by atoms with Crippen LogP contribution in [0.1, 0.15) is 0 Å². The summed E-state index contributed by atoms with van der Waals surface area (Å²) >= 11 is 0. The van der Waals surface area contributed by atoms with Gasteiger partial charge in [-0.2, -0.15) is 0 Å². The minimum Gasteiger partial charge on any atom is 0 e. The predicted molar refractivity (Wildman–Crippen MR) is 279 cm³/mol. The van der Waals surface area contributed by atoms with Crippen LogP contribution in [-0.2, 0) is 19.5 Å². The summed E-state index contributed by atoms with van der Waals surface area (Å²) in [5, 5.41) is 11.8. The first kappa shape index (κ1) is 54.4. The van der Waals surface area contributed by atoms with Gasteiger partial charge in [0.2, 0.25) is 0 Å². The Kier molecular flexibility index (Phi) is 22.4. The fourth-order valence-electron chi connectivity index (χ4n) is 6.17. The quantitative estimate of drug-likeness (QED) is 0.0808. The molecule has 0 nitrogen and oxygen atoms in total.